The fourth-order valence-corrected chi connectivity index (χ4v) is 2.71. The molecule has 0 spiro atoms. The summed E-state index contributed by atoms with van der Waals surface area (Å²) in [7, 11) is 2.12. The smallest absolute Gasteiger partial charge is 0.328 e. The minimum Gasteiger partial charge on any atom is -0.478 e. The first-order chi connectivity index (χ1) is 11.1. The summed E-state index contributed by atoms with van der Waals surface area (Å²) in [6, 6.07) is 11.8. The number of carbonyl (C=O) groups is 1. The number of rotatable bonds is 4. The van der Waals surface area contributed by atoms with Gasteiger partial charge in [-0.05, 0) is 13.1 Å². The highest BCUT2D eigenvalue weighted by Gasteiger charge is 2.21. The van der Waals surface area contributed by atoms with Gasteiger partial charge in [-0.1, -0.05) is 30.3 Å². The van der Waals surface area contributed by atoms with E-state index < -0.39 is 5.97 Å². The Bertz CT molecular complexity index is 698. The van der Waals surface area contributed by atoms with Crippen LogP contribution in [0.4, 0.5) is 5.69 Å². The molecule has 1 aliphatic rings. The highest BCUT2D eigenvalue weighted by molar-refractivity contribution is 5.86. The minimum atomic E-state index is -0.983. The van der Waals surface area contributed by atoms with Gasteiger partial charge in [-0.15, -0.1) is 0 Å². The van der Waals surface area contributed by atoms with Crippen molar-refractivity contribution in [1.82, 2.24) is 4.90 Å². The predicted octanol–water partition coefficient (Wildman–Crippen LogP) is 2.80. The Hall–Kier alpha value is -2.53. The second-order valence-electron chi connectivity index (χ2n) is 5.69. The SMILES string of the molecule is CN1CCN(c2cc(/C=C/C(=O)O)oc2-c2ccccc2)CC1. The molecule has 0 radical (unpaired) electrons. The lowest BCUT2D eigenvalue weighted by atomic mass is 10.1. The summed E-state index contributed by atoms with van der Waals surface area (Å²) in [5.74, 6) is 0.365. The van der Waals surface area contributed by atoms with E-state index in [0.29, 0.717) is 5.76 Å². The van der Waals surface area contributed by atoms with Gasteiger partial charge in [0.15, 0.2) is 5.76 Å². The fourth-order valence-electron chi connectivity index (χ4n) is 2.71. The standard InChI is InChI=1S/C18H20N2O3/c1-19-9-11-20(12-10-19)16-13-15(7-8-17(21)22)23-18(16)14-5-3-2-4-6-14/h2-8,13H,9-12H2,1H3,(H,21,22)/b8-7+. The van der Waals surface area contributed by atoms with E-state index in [1.54, 1.807) is 0 Å². The molecule has 120 valence electrons. The third kappa shape index (κ3) is 3.63. The normalized spacial score (nSPS) is 16.1. The van der Waals surface area contributed by atoms with Crippen molar-refractivity contribution in [3.63, 3.8) is 0 Å². The molecule has 0 aliphatic carbocycles. The number of aliphatic carboxylic acids is 1. The van der Waals surface area contributed by atoms with Crippen molar-refractivity contribution in [1.29, 1.82) is 0 Å². The number of furan rings is 1. The zero-order valence-corrected chi connectivity index (χ0v) is 13.1. The highest BCUT2D eigenvalue weighted by Crippen LogP contribution is 2.35. The van der Waals surface area contributed by atoms with Gasteiger partial charge in [-0.2, -0.15) is 0 Å². The summed E-state index contributed by atoms with van der Waals surface area (Å²) in [6.07, 6.45) is 2.59. The van der Waals surface area contributed by atoms with E-state index in [4.69, 9.17) is 9.52 Å². The Morgan fingerprint density at radius 3 is 2.52 bits per heavy atom. The van der Waals surface area contributed by atoms with Crippen molar-refractivity contribution in [3.8, 4) is 11.3 Å². The molecule has 1 aliphatic heterocycles. The Balaban J connectivity index is 1.97. The fraction of sp³-hybridized carbons (Fsp3) is 0.278. The molecule has 1 fully saturated rings. The molecule has 2 heterocycles. The zero-order chi connectivity index (χ0) is 16.2. The molecule has 0 unspecified atom stereocenters. The topological polar surface area (TPSA) is 56.9 Å². The Morgan fingerprint density at radius 2 is 1.87 bits per heavy atom. The van der Waals surface area contributed by atoms with Gasteiger partial charge in [-0.3, -0.25) is 0 Å². The molecular weight excluding hydrogens is 292 g/mol. The second kappa shape index (κ2) is 6.71. The van der Waals surface area contributed by atoms with Crippen LogP contribution in [-0.2, 0) is 4.79 Å². The minimum absolute atomic E-state index is 0.556. The van der Waals surface area contributed by atoms with Crippen LogP contribution in [0.15, 0.2) is 46.9 Å². The number of carboxylic acids is 1. The number of hydrogen-bond acceptors (Lipinski definition) is 4. The number of likely N-dealkylation sites (N-methyl/N-ethyl adjacent to an activating group) is 1. The molecule has 0 bridgehead atoms. The monoisotopic (exact) mass is 312 g/mol. The highest BCUT2D eigenvalue weighted by atomic mass is 16.4. The molecule has 2 aromatic rings. The van der Waals surface area contributed by atoms with Gasteiger partial charge in [0, 0.05) is 43.9 Å². The van der Waals surface area contributed by atoms with E-state index in [1.807, 2.05) is 36.4 Å². The van der Waals surface area contributed by atoms with Crippen molar-refractivity contribution in [2.24, 2.45) is 0 Å². The molecule has 3 rings (SSSR count). The van der Waals surface area contributed by atoms with Crippen LogP contribution in [0.2, 0.25) is 0 Å². The molecule has 5 nitrogen and oxygen atoms in total. The zero-order valence-electron chi connectivity index (χ0n) is 13.1. The molecule has 1 aromatic heterocycles. The number of anilines is 1. The summed E-state index contributed by atoms with van der Waals surface area (Å²) >= 11 is 0. The average Bonchev–Trinajstić information content (AvgIpc) is 2.99. The molecule has 0 saturated carbocycles. The van der Waals surface area contributed by atoms with Gasteiger partial charge in [0.05, 0.1) is 5.69 Å². The van der Waals surface area contributed by atoms with Gasteiger partial charge in [0.2, 0.25) is 0 Å². The molecule has 23 heavy (non-hydrogen) atoms. The Labute approximate surface area is 135 Å². The van der Waals surface area contributed by atoms with E-state index in [1.165, 1.54) is 6.08 Å². The number of piperazine rings is 1. The molecule has 5 heteroatoms. The largest absolute Gasteiger partial charge is 0.478 e. The second-order valence-corrected chi connectivity index (χ2v) is 5.69. The number of nitrogens with zero attached hydrogens (tertiary/aromatic N) is 2. The van der Waals surface area contributed by atoms with Gasteiger partial charge >= 0.3 is 5.97 Å². The molecule has 1 N–H and O–H groups in total. The lowest BCUT2D eigenvalue weighted by Crippen LogP contribution is -2.44. The van der Waals surface area contributed by atoms with Crippen LogP contribution in [-0.4, -0.2) is 49.2 Å². The van der Waals surface area contributed by atoms with E-state index in [0.717, 1.165) is 49.3 Å². The lowest BCUT2D eigenvalue weighted by molar-refractivity contribution is -0.131. The average molecular weight is 312 g/mol. The van der Waals surface area contributed by atoms with E-state index >= 15 is 0 Å². The molecule has 1 saturated heterocycles. The van der Waals surface area contributed by atoms with Gasteiger partial charge < -0.3 is 19.3 Å². The van der Waals surface area contributed by atoms with Crippen LogP contribution in [0, 0.1) is 0 Å². The van der Waals surface area contributed by atoms with Gasteiger partial charge in [0.25, 0.3) is 0 Å². The van der Waals surface area contributed by atoms with Crippen LogP contribution < -0.4 is 4.90 Å². The summed E-state index contributed by atoms with van der Waals surface area (Å²) in [6.45, 7) is 3.86. The summed E-state index contributed by atoms with van der Waals surface area (Å²) < 4.78 is 5.93. The third-order valence-electron chi connectivity index (χ3n) is 4.00. The van der Waals surface area contributed by atoms with Gasteiger partial charge in [-0.25, -0.2) is 4.79 Å². The van der Waals surface area contributed by atoms with Crippen molar-refractivity contribution in [2.75, 3.05) is 38.1 Å². The first kappa shape index (κ1) is 15.4. The number of carboxylic acid groups (broad SMARTS) is 1. The Morgan fingerprint density at radius 1 is 1.17 bits per heavy atom. The van der Waals surface area contributed by atoms with Crippen molar-refractivity contribution >= 4 is 17.7 Å². The Kier molecular flexibility index (Phi) is 4.48. The number of benzene rings is 1. The van der Waals surface area contributed by atoms with Gasteiger partial charge in [0.1, 0.15) is 5.76 Å². The third-order valence-corrected chi connectivity index (χ3v) is 4.00. The molecular formula is C18H20N2O3. The van der Waals surface area contributed by atoms with Crippen molar-refractivity contribution < 1.29 is 14.3 Å². The number of hydrogen-bond donors (Lipinski definition) is 1. The van der Waals surface area contributed by atoms with Crippen molar-refractivity contribution in [3.05, 3.63) is 48.2 Å². The quantitative estimate of drug-likeness (QED) is 0.880. The van der Waals surface area contributed by atoms with E-state index in [2.05, 4.69) is 16.8 Å². The predicted molar refractivity (Wildman–Crippen MR) is 90.5 cm³/mol. The van der Waals surface area contributed by atoms with Crippen LogP contribution >= 0.6 is 0 Å². The van der Waals surface area contributed by atoms with E-state index in [9.17, 15) is 4.79 Å². The summed E-state index contributed by atoms with van der Waals surface area (Å²) in [5, 5.41) is 8.80. The first-order valence-electron chi connectivity index (χ1n) is 7.67. The maximum Gasteiger partial charge on any atom is 0.328 e. The summed E-state index contributed by atoms with van der Waals surface area (Å²) in [4.78, 5) is 15.3. The van der Waals surface area contributed by atoms with Crippen molar-refractivity contribution in [2.45, 2.75) is 0 Å². The molecule has 0 atom stereocenters. The van der Waals surface area contributed by atoms with Crippen LogP contribution in [0.25, 0.3) is 17.4 Å². The maximum absolute atomic E-state index is 10.7. The summed E-state index contributed by atoms with van der Waals surface area (Å²) in [5.41, 5.74) is 2.02. The van der Waals surface area contributed by atoms with Crippen LogP contribution in [0.5, 0.6) is 0 Å². The molecule has 0 amide bonds. The first-order valence-corrected chi connectivity index (χ1v) is 7.67. The van der Waals surface area contributed by atoms with Crippen LogP contribution in [0.1, 0.15) is 5.76 Å². The maximum atomic E-state index is 10.7. The molecule has 1 aromatic carbocycles. The van der Waals surface area contributed by atoms with E-state index in [-0.39, 0.29) is 0 Å². The van der Waals surface area contributed by atoms with Crippen LogP contribution in [0.3, 0.4) is 0 Å². The lowest BCUT2D eigenvalue weighted by Gasteiger charge is -2.33.